The van der Waals surface area contributed by atoms with Gasteiger partial charge in [-0.2, -0.15) is 0 Å². The van der Waals surface area contributed by atoms with Gasteiger partial charge in [0, 0.05) is 28.7 Å². The number of aryl methyl sites for hydroxylation is 1. The molecule has 3 rings (SSSR count). The van der Waals surface area contributed by atoms with Crippen molar-refractivity contribution in [1.29, 1.82) is 0 Å². The molecule has 0 saturated carbocycles. The van der Waals surface area contributed by atoms with E-state index in [2.05, 4.69) is 20.6 Å². The fourth-order valence-corrected chi connectivity index (χ4v) is 2.46. The van der Waals surface area contributed by atoms with Crippen LogP contribution < -0.4 is 15.4 Å². The van der Waals surface area contributed by atoms with Crippen LogP contribution in [0.2, 0.25) is 5.02 Å². The number of anilines is 3. The Morgan fingerprint density at radius 3 is 2.81 bits per heavy atom. The van der Waals surface area contributed by atoms with E-state index in [4.69, 9.17) is 16.3 Å². The third-order valence-corrected chi connectivity index (χ3v) is 3.90. The second-order valence-electron chi connectivity index (χ2n) is 5.54. The van der Waals surface area contributed by atoms with Crippen molar-refractivity contribution in [1.82, 2.24) is 9.97 Å². The van der Waals surface area contributed by atoms with Gasteiger partial charge in [-0.3, -0.25) is 4.79 Å². The zero-order valence-corrected chi connectivity index (χ0v) is 15.0. The van der Waals surface area contributed by atoms with E-state index in [1.165, 1.54) is 6.20 Å². The average Bonchev–Trinajstić information content (AvgIpc) is 2.65. The van der Waals surface area contributed by atoms with Gasteiger partial charge in [-0.05, 0) is 42.8 Å². The lowest BCUT2D eigenvalue weighted by atomic mass is 10.2. The number of benzene rings is 2. The highest BCUT2D eigenvalue weighted by Gasteiger charge is 2.10. The van der Waals surface area contributed by atoms with E-state index in [1.807, 2.05) is 13.0 Å². The summed E-state index contributed by atoms with van der Waals surface area (Å²) in [5.74, 6) is 0.629. The number of nitrogens with zero attached hydrogens (tertiary/aromatic N) is 2. The molecule has 0 atom stereocenters. The summed E-state index contributed by atoms with van der Waals surface area (Å²) in [5, 5.41) is 6.47. The van der Waals surface area contributed by atoms with Crippen LogP contribution in [0.3, 0.4) is 0 Å². The maximum absolute atomic E-state index is 12.4. The summed E-state index contributed by atoms with van der Waals surface area (Å²) < 4.78 is 5.15. The van der Waals surface area contributed by atoms with Crippen LogP contribution in [0.4, 0.5) is 17.3 Å². The summed E-state index contributed by atoms with van der Waals surface area (Å²) in [7, 11) is 1.57. The lowest BCUT2D eigenvalue weighted by Gasteiger charge is -2.10. The third kappa shape index (κ3) is 4.29. The first-order valence-corrected chi connectivity index (χ1v) is 8.24. The number of carbonyl (C=O) groups is 1. The van der Waals surface area contributed by atoms with Gasteiger partial charge in [0.25, 0.3) is 5.91 Å². The molecule has 0 aliphatic heterocycles. The number of aromatic nitrogens is 2. The summed E-state index contributed by atoms with van der Waals surface area (Å²) in [6, 6.07) is 14.1. The summed E-state index contributed by atoms with van der Waals surface area (Å²) >= 11 is 6.02. The molecule has 6 nitrogen and oxygen atoms in total. The Hall–Kier alpha value is -3.12. The maximum Gasteiger partial charge on any atom is 0.274 e. The van der Waals surface area contributed by atoms with E-state index < -0.39 is 0 Å². The maximum atomic E-state index is 12.4. The smallest absolute Gasteiger partial charge is 0.274 e. The number of ether oxygens (including phenoxy) is 1. The zero-order valence-electron chi connectivity index (χ0n) is 14.3. The Labute approximate surface area is 156 Å². The number of rotatable bonds is 5. The van der Waals surface area contributed by atoms with E-state index in [-0.39, 0.29) is 11.6 Å². The number of hydrogen-bond acceptors (Lipinski definition) is 5. The van der Waals surface area contributed by atoms with Crippen molar-refractivity contribution in [2.24, 2.45) is 0 Å². The second kappa shape index (κ2) is 7.84. The Kier molecular flexibility index (Phi) is 5.34. The molecule has 1 amide bonds. The molecule has 26 heavy (non-hydrogen) atoms. The van der Waals surface area contributed by atoms with Gasteiger partial charge in [0.1, 0.15) is 11.4 Å². The van der Waals surface area contributed by atoms with Crippen molar-refractivity contribution < 1.29 is 9.53 Å². The molecule has 1 aromatic heterocycles. The van der Waals surface area contributed by atoms with Crippen LogP contribution in [0.1, 0.15) is 16.1 Å². The standard InChI is InChI=1S/C19H17ClN4O2/c1-12-6-7-13(20)10-17(12)24-19-21-9-8-16(23-19)18(25)22-14-4-3-5-15(11-14)26-2/h3-11H,1-2H3,(H,22,25)(H,21,23,24). The molecule has 0 aliphatic rings. The van der Waals surface area contributed by atoms with Crippen LogP contribution in [0.5, 0.6) is 5.75 Å². The highest BCUT2D eigenvalue weighted by Crippen LogP contribution is 2.23. The topological polar surface area (TPSA) is 76.1 Å². The van der Waals surface area contributed by atoms with Gasteiger partial charge in [0.15, 0.2) is 0 Å². The molecule has 7 heteroatoms. The molecule has 0 saturated heterocycles. The fraction of sp³-hybridized carbons (Fsp3) is 0.105. The van der Waals surface area contributed by atoms with Crippen molar-refractivity contribution in [3.8, 4) is 5.75 Å². The first kappa shape index (κ1) is 17.7. The van der Waals surface area contributed by atoms with E-state index in [1.54, 1.807) is 49.6 Å². The van der Waals surface area contributed by atoms with Crippen molar-refractivity contribution in [3.63, 3.8) is 0 Å². The van der Waals surface area contributed by atoms with Crippen LogP contribution in [0.15, 0.2) is 54.7 Å². The van der Waals surface area contributed by atoms with Gasteiger partial charge in [0.05, 0.1) is 7.11 Å². The lowest BCUT2D eigenvalue weighted by molar-refractivity contribution is 0.102. The lowest BCUT2D eigenvalue weighted by Crippen LogP contribution is -2.14. The molecule has 3 aromatic rings. The molecule has 0 radical (unpaired) electrons. The minimum atomic E-state index is -0.341. The van der Waals surface area contributed by atoms with E-state index in [0.29, 0.717) is 22.4 Å². The van der Waals surface area contributed by atoms with Crippen LogP contribution in [-0.4, -0.2) is 23.0 Å². The van der Waals surface area contributed by atoms with E-state index in [9.17, 15) is 4.79 Å². The highest BCUT2D eigenvalue weighted by atomic mass is 35.5. The van der Waals surface area contributed by atoms with Gasteiger partial charge in [-0.15, -0.1) is 0 Å². The second-order valence-corrected chi connectivity index (χ2v) is 5.97. The molecule has 0 bridgehead atoms. The van der Waals surface area contributed by atoms with Crippen molar-refractivity contribution in [3.05, 3.63) is 71.0 Å². The summed E-state index contributed by atoms with van der Waals surface area (Å²) in [6.45, 7) is 1.94. The number of amides is 1. The van der Waals surface area contributed by atoms with E-state index >= 15 is 0 Å². The molecule has 2 N–H and O–H groups in total. The Balaban J connectivity index is 1.77. The van der Waals surface area contributed by atoms with Crippen LogP contribution in [0, 0.1) is 6.92 Å². The van der Waals surface area contributed by atoms with Gasteiger partial charge < -0.3 is 15.4 Å². The molecule has 2 aromatic carbocycles. The zero-order chi connectivity index (χ0) is 18.5. The van der Waals surface area contributed by atoms with Crippen LogP contribution in [-0.2, 0) is 0 Å². The molecular weight excluding hydrogens is 352 g/mol. The molecule has 0 fully saturated rings. The molecule has 1 heterocycles. The molecule has 132 valence electrons. The summed E-state index contributed by atoms with van der Waals surface area (Å²) in [5.41, 5.74) is 2.63. The largest absolute Gasteiger partial charge is 0.497 e. The Bertz CT molecular complexity index is 946. The van der Waals surface area contributed by atoms with Gasteiger partial charge in [-0.25, -0.2) is 9.97 Å². The SMILES string of the molecule is COc1cccc(NC(=O)c2ccnc(Nc3cc(Cl)ccc3C)n2)c1. The van der Waals surface area contributed by atoms with Crippen LogP contribution in [0.25, 0.3) is 0 Å². The highest BCUT2D eigenvalue weighted by molar-refractivity contribution is 6.30. The average molecular weight is 369 g/mol. The van der Waals surface area contributed by atoms with Crippen molar-refractivity contribution in [2.45, 2.75) is 6.92 Å². The minimum absolute atomic E-state index is 0.241. The Morgan fingerprint density at radius 2 is 2.00 bits per heavy atom. The monoisotopic (exact) mass is 368 g/mol. The van der Waals surface area contributed by atoms with E-state index in [0.717, 1.165) is 11.3 Å². The summed E-state index contributed by atoms with van der Waals surface area (Å²) in [4.78, 5) is 20.9. The summed E-state index contributed by atoms with van der Waals surface area (Å²) in [6.07, 6.45) is 1.52. The molecular formula is C19H17ClN4O2. The van der Waals surface area contributed by atoms with Gasteiger partial charge in [-0.1, -0.05) is 23.7 Å². The number of halogens is 1. The number of hydrogen-bond donors (Lipinski definition) is 2. The minimum Gasteiger partial charge on any atom is -0.497 e. The number of nitrogens with one attached hydrogen (secondary N) is 2. The first-order valence-electron chi connectivity index (χ1n) is 7.87. The quantitative estimate of drug-likeness (QED) is 0.696. The predicted octanol–water partition coefficient (Wildman–Crippen LogP) is 4.44. The number of carbonyl (C=O) groups excluding carboxylic acids is 1. The van der Waals surface area contributed by atoms with Crippen molar-refractivity contribution in [2.75, 3.05) is 17.7 Å². The normalized spacial score (nSPS) is 10.3. The predicted molar refractivity (Wildman–Crippen MR) is 102 cm³/mol. The van der Waals surface area contributed by atoms with Crippen LogP contribution >= 0.6 is 11.6 Å². The van der Waals surface area contributed by atoms with Gasteiger partial charge in [0.2, 0.25) is 5.95 Å². The third-order valence-electron chi connectivity index (χ3n) is 3.66. The number of methoxy groups -OCH3 is 1. The molecule has 0 aliphatic carbocycles. The molecule has 0 spiro atoms. The first-order chi connectivity index (χ1) is 12.5. The fourth-order valence-electron chi connectivity index (χ4n) is 2.29. The van der Waals surface area contributed by atoms with Gasteiger partial charge >= 0.3 is 0 Å². The molecule has 0 unspecified atom stereocenters. The Morgan fingerprint density at radius 1 is 1.15 bits per heavy atom. The van der Waals surface area contributed by atoms with Crippen molar-refractivity contribution >= 4 is 34.8 Å².